The fourth-order valence-electron chi connectivity index (χ4n) is 2.52. The predicted octanol–water partition coefficient (Wildman–Crippen LogP) is 1.90. The van der Waals surface area contributed by atoms with Crippen LogP contribution in [-0.2, 0) is 19.7 Å². The van der Waals surface area contributed by atoms with Gasteiger partial charge in [-0.3, -0.25) is 0 Å². The van der Waals surface area contributed by atoms with Crippen LogP contribution in [0.15, 0.2) is 56.0 Å². The average molecular weight is 356 g/mol. The number of aliphatic hydroxyl groups is 1. The number of aliphatic hydroxyl groups excluding tert-OH is 1. The summed E-state index contributed by atoms with van der Waals surface area (Å²) in [6.45, 7) is 1.47. The van der Waals surface area contributed by atoms with Crippen LogP contribution in [0, 0.1) is 5.82 Å². The molecule has 2 aromatic rings. The topological polar surface area (TPSA) is 88.5 Å². The van der Waals surface area contributed by atoms with Crippen LogP contribution in [0.4, 0.5) is 4.39 Å². The van der Waals surface area contributed by atoms with Gasteiger partial charge >= 0.3 is 0 Å². The summed E-state index contributed by atoms with van der Waals surface area (Å²) in [5.74, 6) is -1.18. The van der Waals surface area contributed by atoms with E-state index in [1.165, 1.54) is 18.2 Å². The van der Waals surface area contributed by atoms with E-state index < -0.39 is 35.3 Å². The smallest absolute Gasteiger partial charge is 0.209 e. The van der Waals surface area contributed by atoms with Crippen LogP contribution in [0.25, 0.3) is 0 Å². The molecule has 0 aliphatic carbocycles. The lowest BCUT2D eigenvalue weighted by atomic mass is 10.0. The third-order valence-electron chi connectivity index (χ3n) is 3.87. The van der Waals surface area contributed by atoms with Gasteiger partial charge < -0.3 is 5.11 Å². The number of fused-ring (bicyclic) bond motifs is 2. The van der Waals surface area contributed by atoms with Crippen molar-refractivity contribution in [3.63, 3.8) is 0 Å². The van der Waals surface area contributed by atoms with E-state index in [2.05, 4.69) is 0 Å². The molecule has 0 radical (unpaired) electrons. The van der Waals surface area contributed by atoms with Crippen molar-refractivity contribution in [2.24, 2.45) is 0 Å². The molecule has 0 bridgehead atoms. The van der Waals surface area contributed by atoms with E-state index in [1.807, 2.05) is 0 Å². The number of hydrogen-bond acceptors (Lipinski definition) is 5. The minimum absolute atomic E-state index is 0.212. The summed E-state index contributed by atoms with van der Waals surface area (Å²) < 4.78 is 64.1. The van der Waals surface area contributed by atoms with Crippen molar-refractivity contribution < 1.29 is 26.3 Å². The number of halogens is 1. The van der Waals surface area contributed by atoms with Crippen LogP contribution in [0.2, 0.25) is 0 Å². The zero-order chi connectivity index (χ0) is 17.0. The van der Waals surface area contributed by atoms with E-state index in [-0.39, 0.29) is 22.3 Å². The van der Waals surface area contributed by atoms with E-state index in [1.54, 1.807) is 6.92 Å². The van der Waals surface area contributed by atoms with Gasteiger partial charge in [-0.15, -0.1) is 0 Å². The van der Waals surface area contributed by atoms with Crippen LogP contribution in [-0.4, -0.2) is 28.5 Å². The maximum absolute atomic E-state index is 13.4. The van der Waals surface area contributed by atoms with Gasteiger partial charge in [-0.05, 0) is 35.9 Å². The molecule has 1 aliphatic heterocycles. The summed E-state index contributed by atoms with van der Waals surface area (Å²) in [6.07, 6.45) is 0. The highest BCUT2D eigenvalue weighted by molar-refractivity contribution is 7.97. The highest BCUT2D eigenvalue weighted by Crippen LogP contribution is 2.41. The zero-order valence-electron chi connectivity index (χ0n) is 12.0. The predicted molar refractivity (Wildman–Crippen MR) is 79.2 cm³/mol. The summed E-state index contributed by atoms with van der Waals surface area (Å²) in [4.78, 5) is -1.69. The van der Waals surface area contributed by atoms with Gasteiger partial charge in [0, 0.05) is 12.5 Å². The Kier molecular flexibility index (Phi) is 3.58. The quantitative estimate of drug-likeness (QED) is 0.709. The van der Waals surface area contributed by atoms with Crippen LogP contribution in [0.3, 0.4) is 0 Å². The number of hydrogen-bond donors (Lipinski definition) is 1. The monoisotopic (exact) mass is 356 g/mol. The molecule has 0 saturated heterocycles. The first-order chi connectivity index (χ1) is 10.7. The van der Waals surface area contributed by atoms with E-state index in [9.17, 15) is 26.3 Å². The molecule has 1 atom stereocenters. The first-order valence-electron chi connectivity index (χ1n) is 6.74. The molecule has 1 heterocycles. The molecule has 1 aliphatic rings. The number of rotatable bonds is 2. The minimum Gasteiger partial charge on any atom is -0.396 e. The molecule has 1 unspecified atom stereocenters. The molecule has 0 spiro atoms. The van der Waals surface area contributed by atoms with E-state index >= 15 is 0 Å². The van der Waals surface area contributed by atoms with Crippen LogP contribution < -0.4 is 0 Å². The molecule has 5 nitrogen and oxygen atoms in total. The molecule has 0 aromatic heterocycles. The van der Waals surface area contributed by atoms with E-state index in [0.717, 1.165) is 12.1 Å². The molecule has 2 aromatic carbocycles. The molecule has 0 amide bonds. The van der Waals surface area contributed by atoms with Crippen molar-refractivity contribution in [2.45, 2.75) is 32.4 Å². The highest BCUT2D eigenvalue weighted by Gasteiger charge is 2.39. The second-order valence-electron chi connectivity index (χ2n) is 5.39. The van der Waals surface area contributed by atoms with Crippen molar-refractivity contribution in [3.8, 4) is 0 Å². The fourth-order valence-corrected chi connectivity index (χ4v) is 6.68. The largest absolute Gasteiger partial charge is 0.396 e. The van der Waals surface area contributed by atoms with Gasteiger partial charge in [-0.1, -0.05) is 13.0 Å². The van der Waals surface area contributed by atoms with Gasteiger partial charge in [0.1, 0.15) is 5.82 Å². The van der Waals surface area contributed by atoms with Gasteiger partial charge in [0.05, 0.1) is 19.6 Å². The molecular formula is C15H13FO5S2. The maximum atomic E-state index is 13.4. The second-order valence-corrected chi connectivity index (χ2v) is 9.16. The SMILES string of the molecule is CC(CO)c1ccc2c(c1)S(=O)(=O)c1cc(F)ccc1S2(=O)=O. The van der Waals surface area contributed by atoms with Crippen molar-refractivity contribution in [2.75, 3.05) is 6.61 Å². The number of benzene rings is 2. The van der Waals surface area contributed by atoms with Crippen molar-refractivity contribution in [3.05, 3.63) is 47.8 Å². The molecule has 1 N–H and O–H groups in total. The first kappa shape index (κ1) is 16.1. The molecule has 3 rings (SSSR count). The Labute approximate surface area is 133 Å². The third kappa shape index (κ3) is 2.29. The third-order valence-corrected chi connectivity index (χ3v) is 7.84. The van der Waals surface area contributed by atoms with E-state index in [4.69, 9.17) is 0 Å². The molecular weight excluding hydrogens is 343 g/mol. The Hall–Kier alpha value is -1.77. The Balaban J connectivity index is 2.40. The molecule has 8 heteroatoms. The molecule has 0 saturated carbocycles. The highest BCUT2D eigenvalue weighted by atomic mass is 32.2. The zero-order valence-corrected chi connectivity index (χ0v) is 13.7. The lowest BCUT2D eigenvalue weighted by molar-refractivity contribution is 0.273. The summed E-state index contributed by atoms with van der Waals surface area (Å²) in [5.41, 5.74) is 0.491. The molecule has 0 fully saturated rings. The van der Waals surface area contributed by atoms with Crippen molar-refractivity contribution in [1.29, 1.82) is 0 Å². The summed E-state index contributed by atoms with van der Waals surface area (Å²) in [7, 11) is -8.21. The Morgan fingerprint density at radius 3 is 2.04 bits per heavy atom. The Morgan fingerprint density at radius 2 is 1.43 bits per heavy atom. The van der Waals surface area contributed by atoms with Crippen molar-refractivity contribution >= 4 is 19.7 Å². The Morgan fingerprint density at radius 1 is 0.913 bits per heavy atom. The van der Waals surface area contributed by atoms with Gasteiger partial charge in [0.15, 0.2) is 0 Å². The van der Waals surface area contributed by atoms with Crippen molar-refractivity contribution in [1.82, 2.24) is 0 Å². The first-order valence-corrected chi connectivity index (χ1v) is 9.71. The van der Waals surface area contributed by atoms with Crippen LogP contribution in [0.1, 0.15) is 18.4 Å². The average Bonchev–Trinajstić information content (AvgIpc) is 2.52. The number of sulfone groups is 2. The molecule has 122 valence electrons. The summed E-state index contributed by atoms with van der Waals surface area (Å²) in [5, 5.41) is 9.20. The standard InChI is InChI=1S/C15H13FO5S2/c1-9(8-17)10-2-4-12-14(6-10)23(20,21)15-7-11(16)3-5-13(15)22(12,18)19/h2-7,9,17H,8H2,1H3. The normalized spacial score (nSPS) is 18.7. The summed E-state index contributed by atoms with van der Waals surface area (Å²) in [6, 6.07) is 6.52. The van der Waals surface area contributed by atoms with Gasteiger partial charge in [-0.25, -0.2) is 21.2 Å². The van der Waals surface area contributed by atoms with E-state index in [0.29, 0.717) is 11.6 Å². The van der Waals surface area contributed by atoms with Gasteiger partial charge in [-0.2, -0.15) is 0 Å². The van der Waals surface area contributed by atoms with Crippen LogP contribution in [0.5, 0.6) is 0 Å². The minimum atomic E-state index is -4.16. The maximum Gasteiger partial charge on any atom is 0.209 e. The summed E-state index contributed by atoms with van der Waals surface area (Å²) >= 11 is 0. The lowest BCUT2D eigenvalue weighted by Gasteiger charge is -2.21. The fraction of sp³-hybridized carbons (Fsp3) is 0.200. The Bertz CT molecular complexity index is 1010. The lowest BCUT2D eigenvalue weighted by Crippen LogP contribution is -2.20. The van der Waals surface area contributed by atoms with Gasteiger partial charge in [0.25, 0.3) is 0 Å². The second kappa shape index (κ2) is 5.12. The molecule has 23 heavy (non-hydrogen) atoms. The van der Waals surface area contributed by atoms with Gasteiger partial charge in [0.2, 0.25) is 19.7 Å². The van der Waals surface area contributed by atoms with Crippen LogP contribution >= 0.6 is 0 Å².